The molecule has 35 heavy (non-hydrogen) atoms. The van der Waals surface area contributed by atoms with Crippen LogP contribution in [-0.2, 0) is 22.6 Å². The average Bonchev–Trinajstić information content (AvgIpc) is 2.88. The number of non-ortho nitro benzene ring substituents is 1. The van der Waals surface area contributed by atoms with Gasteiger partial charge in [-0.25, -0.2) is 9.59 Å². The summed E-state index contributed by atoms with van der Waals surface area (Å²) in [5, 5.41) is 15.5. The molecule has 0 aliphatic heterocycles. The van der Waals surface area contributed by atoms with E-state index in [0.717, 1.165) is 21.9 Å². The van der Waals surface area contributed by atoms with Gasteiger partial charge in [0.25, 0.3) is 5.69 Å². The molecule has 0 aliphatic carbocycles. The van der Waals surface area contributed by atoms with Gasteiger partial charge < -0.3 is 14.8 Å². The molecule has 4 aromatic rings. The summed E-state index contributed by atoms with van der Waals surface area (Å²) in [6.45, 7) is 0.0339. The Morgan fingerprint density at radius 2 is 1.51 bits per heavy atom. The predicted molar refractivity (Wildman–Crippen MR) is 130 cm³/mol. The second-order valence-corrected chi connectivity index (χ2v) is 7.82. The second-order valence-electron chi connectivity index (χ2n) is 7.82. The first-order chi connectivity index (χ1) is 17.0. The van der Waals surface area contributed by atoms with Crippen LogP contribution in [0.3, 0.4) is 0 Å². The van der Waals surface area contributed by atoms with Gasteiger partial charge in [-0.3, -0.25) is 10.1 Å². The molecule has 176 valence electrons. The monoisotopic (exact) mass is 470 g/mol. The molecule has 0 fully saturated rings. The van der Waals surface area contributed by atoms with Crippen LogP contribution in [0, 0.1) is 10.1 Å². The van der Waals surface area contributed by atoms with E-state index in [4.69, 9.17) is 9.47 Å². The fraction of sp³-hybridized carbons (Fsp3) is 0.111. The fourth-order valence-corrected chi connectivity index (χ4v) is 3.53. The van der Waals surface area contributed by atoms with E-state index < -0.39 is 23.0 Å². The minimum absolute atomic E-state index is 0.0339. The van der Waals surface area contributed by atoms with E-state index in [-0.39, 0.29) is 24.5 Å². The summed E-state index contributed by atoms with van der Waals surface area (Å²) in [6, 6.07) is 26.9. The number of hydrogen-bond donors (Lipinski definition) is 1. The van der Waals surface area contributed by atoms with Crippen molar-refractivity contribution in [3.8, 4) is 5.75 Å². The van der Waals surface area contributed by atoms with Crippen molar-refractivity contribution in [1.29, 1.82) is 0 Å². The van der Waals surface area contributed by atoms with Crippen LogP contribution in [0.5, 0.6) is 5.75 Å². The summed E-state index contributed by atoms with van der Waals surface area (Å²) < 4.78 is 10.7. The maximum absolute atomic E-state index is 12.9. The summed E-state index contributed by atoms with van der Waals surface area (Å²) in [4.78, 5) is 35.7. The number of benzene rings is 4. The summed E-state index contributed by atoms with van der Waals surface area (Å²) in [5.41, 5.74) is 1.50. The molecule has 0 heterocycles. The van der Waals surface area contributed by atoms with Crippen LogP contribution in [0.2, 0.25) is 0 Å². The first-order valence-corrected chi connectivity index (χ1v) is 10.9. The number of nitro groups is 1. The number of nitrogens with one attached hydrogen (secondary N) is 1. The smallest absolute Gasteiger partial charge is 0.408 e. The molecule has 0 saturated carbocycles. The predicted octanol–water partition coefficient (Wildman–Crippen LogP) is 5.19. The Hall–Kier alpha value is -4.72. The molecule has 0 spiro atoms. The zero-order valence-corrected chi connectivity index (χ0v) is 18.6. The maximum atomic E-state index is 12.9. The van der Waals surface area contributed by atoms with Crippen molar-refractivity contribution >= 4 is 28.5 Å². The first-order valence-electron chi connectivity index (χ1n) is 10.9. The number of nitro benzene ring substituents is 1. The van der Waals surface area contributed by atoms with Crippen molar-refractivity contribution in [2.75, 3.05) is 0 Å². The Balaban J connectivity index is 1.42. The highest BCUT2D eigenvalue weighted by Gasteiger charge is 2.24. The number of alkyl carbamates (subject to hydrolysis) is 1. The zero-order chi connectivity index (χ0) is 24.6. The molecule has 0 bridgehead atoms. The molecule has 0 radical (unpaired) electrons. The number of esters is 1. The number of nitrogens with zero attached hydrogens (tertiary/aromatic N) is 1. The second kappa shape index (κ2) is 10.9. The minimum Gasteiger partial charge on any atom is -0.445 e. The van der Waals surface area contributed by atoms with E-state index in [9.17, 15) is 19.7 Å². The fourth-order valence-electron chi connectivity index (χ4n) is 3.53. The molecule has 1 atom stereocenters. The lowest BCUT2D eigenvalue weighted by atomic mass is 10.1. The summed E-state index contributed by atoms with van der Waals surface area (Å²) in [7, 11) is 0. The van der Waals surface area contributed by atoms with Gasteiger partial charge in [0.1, 0.15) is 18.4 Å². The van der Waals surface area contributed by atoms with Crippen LogP contribution < -0.4 is 10.1 Å². The Labute approximate surface area is 201 Å². The molecule has 4 rings (SSSR count). The molecule has 8 nitrogen and oxygen atoms in total. The number of carbonyl (C=O) groups excluding carboxylic acids is 2. The lowest BCUT2D eigenvalue weighted by Crippen LogP contribution is -2.44. The van der Waals surface area contributed by atoms with Crippen LogP contribution in [0.1, 0.15) is 11.1 Å². The van der Waals surface area contributed by atoms with Crippen molar-refractivity contribution in [1.82, 2.24) is 5.32 Å². The maximum Gasteiger partial charge on any atom is 0.408 e. The highest BCUT2D eigenvalue weighted by molar-refractivity contribution is 5.84. The molecule has 1 N–H and O–H groups in total. The molecule has 0 aromatic heterocycles. The Bertz CT molecular complexity index is 1340. The van der Waals surface area contributed by atoms with Crippen molar-refractivity contribution in [3.63, 3.8) is 0 Å². The van der Waals surface area contributed by atoms with Gasteiger partial charge in [0.15, 0.2) is 0 Å². The van der Waals surface area contributed by atoms with Crippen molar-refractivity contribution in [3.05, 3.63) is 118 Å². The quantitative estimate of drug-likeness (QED) is 0.164. The van der Waals surface area contributed by atoms with E-state index >= 15 is 0 Å². The highest BCUT2D eigenvalue weighted by Crippen LogP contribution is 2.19. The van der Waals surface area contributed by atoms with Crippen LogP contribution >= 0.6 is 0 Å². The van der Waals surface area contributed by atoms with Gasteiger partial charge >= 0.3 is 12.1 Å². The third-order valence-corrected chi connectivity index (χ3v) is 5.31. The lowest BCUT2D eigenvalue weighted by Gasteiger charge is -2.18. The van der Waals surface area contributed by atoms with E-state index in [1.54, 1.807) is 0 Å². The van der Waals surface area contributed by atoms with Gasteiger partial charge in [-0.15, -0.1) is 0 Å². The van der Waals surface area contributed by atoms with Crippen molar-refractivity contribution < 1.29 is 24.0 Å². The minimum atomic E-state index is -1.03. The SMILES string of the molecule is O=C(N[C@@H](Cc1ccccc1)C(=O)Oc1ccc([N+](=O)[O-])cc1)OCc1ccc2ccccc2c1. The van der Waals surface area contributed by atoms with E-state index in [0.29, 0.717) is 0 Å². The van der Waals surface area contributed by atoms with Crippen molar-refractivity contribution in [2.24, 2.45) is 0 Å². The van der Waals surface area contributed by atoms with Crippen LogP contribution in [0.4, 0.5) is 10.5 Å². The van der Waals surface area contributed by atoms with Crippen LogP contribution in [0.25, 0.3) is 10.8 Å². The van der Waals surface area contributed by atoms with Gasteiger partial charge in [0.2, 0.25) is 0 Å². The van der Waals surface area contributed by atoms with E-state index in [1.807, 2.05) is 72.8 Å². The van der Waals surface area contributed by atoms with Gasteiger partial charge in [0.05, 0.1) is 4.92 Å². The lowest BCUT2D eigenvalue weighted by molar-refractivity contribution is -0.384. The van der Waals surface area contributed by atoms with E-state index in [2.05, 4.69) is 5.32 Å². The standard InChI is InChI=1S/C27H22N2O6/c30-26(35-24-14-12-23(13-15-24)29(32)33)25(17-19-6-2-1-3-7-19)28-27(31)34-18-20-10-11-21-8-4-5-9-22(21)16-20/h1-16,25H,17-18H2,(H,28,31)/t25-/m0/s1. The molecule has 1 amide bonds. The molecule has 0 unspecified atom stereocenters. The third kappa shape index (κ3) is 6.42. The number of carbonyl (C=O) groups is 2. The van der Waals surface area contributed by atoms with Crippen molar-refractivity contribution in [2.45, 2.75) is 19.1 Å². The van der Waals surface area contributed by atoms with Gasteiger partial charge in [-0.1, -0.05) is 66.7 Å². The van der Waals surface area contributed by atoms with Crippen LogP contribution in [0.15, 0.2) is 97.1 Å². The molecule has 8 heteroatoms. The first kappa shape index (κ1) is 23.4. The van der Waals surface area contributed by atoms with E-state index in [1.165, 1.54) is 24.3 Å². The van der Waals surface area contributed by atoms with Gasteiger partial charge in [-0.05, 0) is 40.1 Å². The molecule has 0 saturated heterocycles. The number of rotatable bonds is 8. The largest absolute Gasteiger partial charge is 0.445 e. The summed E-state index contributed by atoms with van der Waals surface area (Å²) in [6.07, 6.45) is -0.586. The molecular formula is C27H22N2O6. The molecule has 0 aliphatic rings. The Morgan fingerprint density at radius 3 is 2.23 bits per heavy atom. The molecule has 4 aromatic carbocycles. The Kier molecular flexibility index (Phi) is 7.32. The Morgan fingerprint density at radius 1 is 0.829 bits per heavy atom. The highest BCUT2D eigenvalue weighted by atomic mass is 16.6. The summed E-state index contributed by atoms with van der Waals surface area (Å²) >= 11 is 0. The number of amides is 1. The third-order valence-electron chi connectivity index (χ3n) is 5.31. The zero-order valence-electron chi connectivity index (χ0n) is 18.6. The number of ether oxygens (including phenoxy) is 2. The van der Waals surface area contributed by atoms with Gasteiger partial charge in [-0.2, -0.15) is 0 Å². The number of hydrogen-bond acceptors (Lipinski definition) is 6. The number of fused-ring (bicyclic) bond motifs is 1. The van der Waals surface area contributed by atoms with Crippen LogP contribution in [-0.4, -0.2) is 23.0 Å². The summed E-state index contributed by atoms with van der Waals surface area (Å²) in [5.74, 6) is -0.588. The molecular weight excluding hydrogens is 448 g/mol. The van der Waals surface area contributed by atoms with Gasteiger partial charge in [0, 0.05) is 18.6 Å². The topological polar surface area (TPSA) is 108 Å². The average molecular weight is 470 g/mol. The normalized spacial score (nSPS) is 11.4.